The van der Waals surface area contributed by atoms with Gasteiger partial charge in [0.15, 0.2) is 0 Å². The monoisotopic (exact) mass is 311 g/mol. The summed E-state index contributed by atoms with van der Waals surface area (Å²) < 4.78 is 0. The maximum atomic E-state index is 13.0. The van der Waals surface area contributed by atoms with Crippen molar-refractivity contribution in [3.63, 3.8) is 0 Å². The molecule has 6 nitrogen and oxygen atoms in total. The molecule has 3 fully saturated rings. The highest BCUT2D eigenvalue weighted by atomic mass is 16.3. The Morgan fingerprint density at radius 2 is 1.64 bits per heavy atom. The van der Waals surface area contributed by atoms with E-state index in [2.05, 4.69) is 0 Å². The molecule has 0 radical (unpaired) electrons. The van der Waals surface area contributed by atoms with Gasteiger partial charge in [0.25, 0.3) is 0 Å². The van der Waals surface area contributed by atoms with Crippen LogP contribution in [0.3, 0.4) is 0 Å². The zero-order valence-electron chi connectivity index (χ0n) is 12.9. The Balaban J connectivity index is 1.74. The van der Waals surface area contributed by atoms with Gasteiger partial charge in [0.05, 0.1) is 24.2 Å². The number of aliphatic hydroxyl groups is 3. The molecule has 1 amide bonds. The molecule has 3 rings (SSSR count). The number of hydrogen-bond acceptors (Lipinski definition) is 5. The van der Waals surface area contributed by atoms with E-state index in [1.807, 2.05) is 0 Å². The third kappa shape index (κ3) is 2.28. The van der Waals surface area contributed by atoms with E-state index in [9.17, 15) is 24.9 Å². The molecule has 2 aliphatic carbocycles. The van der Waals surface area contributed by atoms with Gasteiger partial charge in [-0.05, 0) is 32.1 Å². The number of aliphatic hydroxyl groups excluding tert-OH is 2. The molecule has 0 bridgehead atoms. The number of nitrogens with zero attached hydrogens (tertiary/aromatic N) is 1. The first-order valence-electron chi connectivity index (χ1n) is 8.16. The fourth-order valence-electron chi connectivity index (χ4n) is 4.14. The number of Topliss-reactive ketones (excluding diaryl/α,β-unsaturated/α-hetero) is 1. The minimum Gasteiger partial charge on any atom is -0.396 e. The molecule has 0 unspecified atom stereocenters. The minimum absolute atomic E-state index is 0.0619. The SMILES string of the molecule is O=C1CCC(O)(C2(C(=O)N3CCC(CO)(CO)C3)CC2)CC1. The summed E-state index contributed by atoms with van der Waals surface area (Å²) in [6.07, 6.45) is 3.36. The van der Waals surface area contributed by atoms with Gasteiger partial charge in [-0.1, -0.05) is 0 Å². The Kier molecular flexibility index (Phi) is 3.82. The first kappa shape index (κ1) is 15.9. The Bertz CT molecular complexity index is 471. The highest BCUT2D eigenvalue weighted by molar-refractivity contribution is 5.88. The van der Waals surface area contributed by atoms with Crippen LogP contribution in [0.1, 0.15) is 44.9 Å². The van der Waals surface area contributed by atoms with E-state index in [0.717, 1.165) is 0 Å². The van der Waals surface area contributed by atoms with Gasteiger partial charge in [0.1, 0.15) is 5.78 Å². The molecule has 0 spiro atoms. The normalized spacial score (nSPS) is 28.7. The second kappa shape index (κ2) is 5.28. The number of amides is 1. The van der Waals surface area contributed by atoms with Crippen LogP contribution in [0.25, 0.3) is 0 Å². The molecular formula is C16H25NO5. The quantitative estimate of drug-likeness (QED) is 0.670. The van der Waals surface area contributed by atoms with Crippen LogP contribution in [0.15, 0.2) is 0 Å². The number of ketones is 1. The zero-order chi connectivity index (χ0) is 16.0. The molecular weight excluding hydrogens is 286 g/mol. The van der Waals surface area contributed by atoms with Gasteiger partial charge in [0, 0.05) is 31.3 Å². The van der Waals surface area contributed by atoms with Crippen molar-refractivity contribution < 1.29 is 24.9 Å². The predicted octanol–water partition coefficient (Wildman–Crippen LogP) is -0.156. The average molecular weight is 311 g/mol. The van der Waals surface area contributed by atoms with Gasteiger partial charge >= 0.3 is 0 Å². The van der Waals surface area contributed by atoms with E-state index in [0.29, 0.717) is 58.0 Å². The molecule has 0 aromatic carbocycles. The fraction of sp³-hybridized carbons (Fsp3) is 0.875. The van der Waals surface area contributed by atoms with Gasteiger partial charge in [-0.25, -0.2) is 0 Å². The lowest BCUT2D eigenvalue weighted by atomic mass is 9.72. The van der Waals surface area contributed by atoms with E-state index in [-0.39, 0.29) is 24.9 Å². The van der Waals surface area contributed by atoms with E-state index >= 15 is 0 Å². The van der Waals surface area contributed by atoms with Crippen LogP contribution < -0.4 is 0 Å². The largest absolute Gasteiger partial charge is 0.396 e. The molecule has 22 heavy (non-hydrogen) atoms. The van der Waals surface area contributed by atoms with Gasteiger partial charge in [-0.2, -0.15) is 0 Å². The summed E-state index contributed by atoms with van der Waals surface area (Å²) in [5.74, 6) is 0.0989. The summed E-state index contributed by atoms with van der Waals surface area (Å²) in [5.41, 5.74) is -2.42. The number of carbonyl (C=O) groups excluding carboxylic acids is 2. The van der Waals surface area contributed by atoms with E-state index in [1.54, 1.807) is 4.90 Å². The molecule has 3 aliphatic rings. The maximum absolute atomic E-state index is 13.0. The van der Waals surface area contributed by atoms with Crippen molar-refractivity contribution in [3.8, 4) is 0 Å². The van der Waals surface area contributed by atoms with Crippen LogP contribution in [-0.2, 0) is 9.59 Å². The molecule has 3 N–H and O–H groups in total. The van der Waals surface area contributed by atoms with Gasteiger partial charge in [0.2, 0.25) is 5.91 Å². The lowest BCUT2D eigenvalue weighted by molar-refractivity contribution is -0.154. The van der Waals surface area contributed by atoms with Crippen LogP contribution in [0.5, 0.6) is 0 Å². The average Bonchev–Trinajstić information content (AvgIpc) is 3.24. The minimum atomic E-state index is -1.07. The molecule has 6 heteroatoms. The third-order valence-electron chi connectivity index (χ3n) is 6.08. The standard InChI is InChI=1S/C16H25NO5/c18-10-14(11-19)7-8-17(9-14)13(21)15(5-6-15)16(22)3-1-12(20)2-4-16/h18-19,22H,1-11H2. The number of carbonyl (C=O) groups is 2. The number of hydrogen-bond donors (Lipinski definition) is 3. The van der Waals surface area contributed by atoms with Crippen molar-refractivity contribution in [2.24, 2.45) is 10.8 Å². The lowest BCUT2D eigenvalue weighted by Crippen LogP contribution is -2.52. The Morgan fingerprint density at radius 1 is 1.05 bits per heavy atom. The van der Waals surface area contributed by atoms with Crippen LogP contribution in [0, 0.1) is 10.8 Å². The van der Waals surface area contributed by atoms with Crippen molar-refractivity contribution in [3.05, 3.63) is 0 Å². The highest BCUT2D eigenvalue weighted by Crippen LogP contribution is 2.60. The molecule has 1 heterocycles. The molecule has 0 atom stereocenters. The van der Waals surface area contributed by atoms with E-state index in [1.165, 1.54) is 0 Å². The van der Waals surface area contributed by atoms with E-state index in [4.69, 9.17) is 0 Å². The van der Waals surface area contributed by atoms with Crippen molar-refractivity contribution >= 4 is 11.7 Å². The highest BCUT2D eigenvalue weighted by Gasteiger charge is 2.65. The molecule has 0 aromatic rings. The zero-order valence-corrected chi connectivity index (χ0v) is 12.9. The summed E-state index contributed by atoms with van der Waals surface area (Å²) in [7, 11) is 0. The second-order valence-corrected chi connectivity index (χ2v) is 7.45. The lowest BCUT2D eigenvalue weighted by Gasteiger charge is -2.40. The predicted molar refractivity (Wildman–Crippen MR) is 77.9 cm³/mol. The summed E-state index contributed by atoms with van der Waals surface area (Å²) in [5, 5.41) is 29.9. The van der Waals surface area contributed by atoms with Crippen molar-refractivity contribution in [2.45, 2.75) is 50.5 Å². The first-order valence-corrected chi connectivity index (χ1v) is 8.16. The first-order chi connectivity index (χ1) is 10.4. The number of rotatable bonds is 4. The Labute approximate surface area is 130 Å². The summed E-state index contributed by atoms with van der Waals surface area (Å²) >= 11 is 0. The van der Waals surface area contributed by atoms with Crippen LogP contribution >= 0.6 is 0 Å². The summed E-state index contributed by atoms with van der Waals surface area (Å²) in [6.45, 7) is 0.574. The third-order valence-corrected chi connectivity index (χ3v) is 6.08. The maximum Gasteiger partial charge on any atom is 0.231 e. The smallest absolute Gasteiger partial charge is 0.231 e. The van der Waals surface area contributed by atoms with Crippen LogP contribution in [0.4, 0.5) is 0 Å². The van der Waals surface area contributed by atoms with Gasteiger partial charge < -0.3 is 20.2 Å². The number of likely N-dealkylation sites (tertiary alicyclic amines) is 1. The van der Waals surface area contributed by atoms with Crippen LogP contribution in [0.2, 0.25) is 0 Å². The molecule has 0 aromatic heterocycles. The van der Waals surface area contributed by atoms with Crippen molar-refractivity contribution in [1.29, 1.82) is 0 Å². The Hall–Kier alpha value is -0.980. The van der Waals surface area contributed by atoms with Crippen LogP contribution in [-0.4, -0.2) is 63.8 Å². The van der Waals surface area contributed by atoms with Gasteiger partial charge in [-0.15, -0.1) is 0 Å². The summed E-state index contributed by atoms with van der Waals surface area (Å²) in [6, 6.07) is 0. The topological polar surface area (TPSA) is 98.1 Å². The Morgan fingerprint density at radius 3 is 2.09 bits per heavy atom. The molecule has 124 valence electrons. The fourth-order valence-corrected chi connectivity index (χ4v) is 4.14. The van der Waals surface area contributed by atoms with E-state index < -0.39 is 16.4 Å². The molecule has 1 saturated heterocycles. The van der Waals surface area contributed by atoms with Crippen molar-refractivity contribution in [1.82, 2.24) is 4.90 Å². The molecule has 1 aliphatic heterocycles. The molecule has 2 saturated carbocycles. The summed E-state index contributed by atoms with van der Waals surface area (Å²) in [4.78, 5) is 26.1. The second-order valence-electron chi connectivity index (χ2n) is 7.45. The van der Waals surface area contributed by atoms with Gasteiger partial charge in [-0.3, -0.25) is 9.59 Å². The van der Waals surface area contributed by atoms with Crippen molar-refractivity contribution in [2.75, 3.05) is 26.3 Å².